The maximum absolute atomic E-state index is 11.6. The summed E-state index contributed by atoms with van der Waals surface area (Å²) in [6.45, 7) is 4.60. The maximum atomic E-state index is 11.6. The molecule has 0 saturated heterocycles. The van der Waals surface area contributed by atoms with Gasteiger partial charge in [0.1, 0.15) is 23.6 Å². The number of esters is 1. The highest BCUT2D eigenvalue weighted by Crippen LogP contribution is 2.27. The van der Waals surface area contributed by atoms with Crippen molar-refractivity contribution >= 4 is 12.1 Å². The van der Waals surface area contributed by atoms with E-state index in [4.69, 9.17) is 9.47 Å². The zero-order chi connectivity index (χ0) is 19.0. The van der Waals surface area contributed by atoms with Crippen LogP contribution in [0.2, 0.25) is 0 Å². The topological polar surface area (TPSA) is 114 Å². The van der Waals surface area contributed by atoms with E-state index < -0.39 is 29.9 Å². The molecular weight excluding hydrogens is 330 g/mol. The summed E-state index contributed by atoms with van der Waals surface area (Å²) in [5.41, 5.74) is -0.382. The molecule has 0 spiro atoms. The first-order chi connectivity index (χ1) is 11.6. The van der Waals surface area contributed by atoms with Crippen molar-refractivity contribution in [2.75, 3.05) is 20.3 Å². The van der Waals surface area contributed by atoms with E-state index in [9.17, 15) is 19.8 Å². The largest absolute Gasteiger partial charge is 0.482 e. The van der Waals surface area contributed by atoms with Crippen molar-refractivity contribution in [1.82, 2.24) is 5.32 Å². The molecule has 0 aromatic heterocycles. The van der Waals surface area contributed by atoms with Crippen LogP contribution in [0.3, 0.4) is 0 Å². The molecule has 8 nitrogen and oxygen atoms in total. The molecule has 2 unspecified atom stereocenters. The molecule has 140 valence electrons. The summed E-state index contributed by atoms with van der Waals surface area (Å²) in [5.74, 6) is -0.340. The van der Waals surface area contributed by atoms with Gasteiger partial charge in [0.2, 0.25) is 0 Å². The minimum absolute atomic E-state index is 0.221. The molecule has 1 aromatic carbocycles. The lowest BCUT2D eigenvalue weighted by Crippen LogP contribution is -2.38. The fraction of sp³-hybridized carbons (Fsp3) is 0.529. The second kappa shape index (κ2) is 9.24. The summed E-state index contributed by atoms with van der Waals surface area (Å²) in [5, 5.41) is 22.8. The fourth-order valence-corrected chi connectivity index (χ4v) is 1.87. The number of methoxy groups -OCH3 is 1. The number of carbonyl (C=O) groups is 2. The molecular formula is C17H25NO7. The van der Waals surface area contributed by atoms with Crippen molar-refractivity contribution in [3.8, 4) is 5.75 Å². The van der Waals surface area contributed by atoms with Gasteiger partial charge in [-0.25, -0.2) is 9.59 Å². The van der Waals surface area contributed by atoms with Crippen LogP contribution in [0.5, 0.6) is 5.75 Å². The predicted octanol–water partition coefficient (Wildman–Crippen LogP) is 1.16. The van der Waals surface area contributed by atoms with Crippen molar-refractivity contribution in [2.45, 2.75) is 38.6 Å². The summed E-state index contributed by atoms with van der Waals surface area (Å²) in [4.78, 5) is 22.8. The number of carbonyl (C=O) groups excluding carboxylic acids is 2. The number of benzene rings is 1. The average Bonchev–Trinajstić information content (AvgIpc) is 2.55. The molecule has 2 atom stereocenters. The van der Waals surface area contributed by atoms with E-state index >= 15 is 0 Å². The number of aliphatic hydroxyl groups is 2. The number of alkyl carbamates (subject to hydrolysis) is 1. The molecule has 25 heavy (non-hydrogen) atoms. The maximum Gasteiger partial charge on any atom is 0.407 e. The van der Waals surface area contributed by atoms with Crippen LogP contribution < -0.4 is 10.1 Å². The van der Waals surface area contributed by atoms with Gasteiger partial charge < -0.3 is 29.7 Å². The lowest BCUT2D eigenvalue weighted by atomic mass is 10.0. The zero-order valence-corrected chi connectivity index (χ0v) is 14.8. The summed E-state index contributed by atoms with van der Waals surface area (Å²) in [7, 11) is 1.23. The van der Waals surface area contributed by atoms with Crippen LogP contribution in [0.4, 0.5) is 4.79 Å². The molecule has 0 aliphatic rings. The van der Waals surface area contributed by atoms with Gasteiger partial charge in [0.15, 0.2) is 6.61 Å². The number of amides is 1. The zero-order valence-electron chi connectivity index (χ0n) is 14.8. The van der Waals surface area contributed by atoms with Crippen molar-refractivity contribution in [3.63, 3.8) is 0 Å². The third-order valence-electron chi connectivity index (χ3n) is 3.03. The van der Waals surface area contributed by atoms with Gasteiger partial charge in [-0.2, -0.15) is 0 Å². The Morgan fingerprint density at radius 1 is 1.20 bits per heavy atom. The fourth-order valence-electron chi connectivity index (χ4n) is 1.87. The Labute approximate surface area is 146 Å². The van der Waals surface area contributed by atoms with Crippen LogP contribution in [-0.2, 0) is 14.3 Å². The van der Waals surface area contributed by atoms with Gasteiger partial charge in [0, 0.05) is 12.1 Å². The van der Waals surface area contributed by atoms with E-state index in [1.807, 2.05) is 0 Å². The third-order valence-corrected chi connectivity index (χ3v) is 3.03. The molecule has 0 saturated carbocycles. The first-order valence-corrected chi connectivity index (χ1v) is 7.75. The molecule has 3 N–H and O–H groups in total. The Balaban J connectivity index is 2.67. The Morgan fingerprint density at radius 3 is 2.44 bits per heavy atom. The van der Waals surface area contributed by atoms with Gasteiger partial charge in [0.05, 0.1) is 7.11 Å². The van der Waals surface area contributed by atoms with Crippen LogP contribution in [0.1, 0.15) is 32.4 Å². The van der Waals surface area contributed by atoms with Crippen LogP contribution in [0, 0.1) is 0 Å². The van der Waals surface area contributed by atoms with Crippen LogP contribution in [-0.4, -0.2) is 54.2 Å². The number of para-hydroxylation sites is 1. The number of nitrogens with one attached hydrogen (secondary N) is 1. The average molecular weight is 355 g/mol. The quantitative estimate of drug-likeness (QED) is 0.629. The predicted molar refractivity (Wildman–Crippen MR) is 89.2 cm³/mol. The lowest BCUT2D eigenvalue weighted by molar-refractivity contribution is -0.142. The van der Waals surface area contributed by atoms with Crippen molar-refractivity contribution in [1.29, 1.82) is 0 Å². The second-order valence-electron chi connectivity index (χ2n) is 6.30. The van der Waals surface area contributed by atoms with E-state index in [0.717, 1.165) is 0 Å². The number of hydrogen-bond donors (Lipinski definition) is 3. The number of aliphatic hydroxyl groups excluding tert-OH is 2. The molecule has 1 aromatic rings. The van der Waals surface area contributed by atoms with Gasteiger partial charge in [-0.3, -0.25) is 0 Å². The summed E-state index contributed by atoms with van der Waals surface area (Å²) >= 11 is 0. The van der Waals surface area contributed by atoms with E-state index in [1.54, 1.807) is 45.0 Å². The molecule has 0 fully saturated rings. The van der Waals surface area contributed by atoms with E-state index in [0.29, 0.717) is 0 Å². The SMILES string of the molecule is COC(=O)COc1ccccc1C(O)C(O)CNC(=O)OC(C)(C)C. The standard InChI is InChI=1S/C17H25NO7/c1-17(2,3)25-16(22)18-9-12(19)15(21)11-7-5-6-8-13(11)24-10-14(20)23-4/h5-8,12,15,19,21H,9-10H2,1-4H3,(H,18,22). The molecule has 0 heterocycles. The molecule has 1 amide bonds. The van der Waals surface area contributed by atoms with Gasteiger partial charge in [-0.15, -0.1) is 0 Å². The summed E-state index contributed by atoms with van der Waals surface area (Å²) < 4.78 is 14.8. The molecule has 1 rings (SSSR count). The first-order valence-electron chi connectivity index (χ1n) is 7.75. The molecule has 0 aliphatic carbocycles. The first kappa shape index (κ1) is 20.7. The smallest absolute Gasteiger partial charge is 0.407 e. The lowest BCUT2D eigenvalue weighted by Gasteiger charge is -2.23. The molecule has 0 bridgehead atoms. The van der Waals surface area contributed by atoms with Crippen molar-refractivity contribution in [2.24, 2.45) is 0 Å². The summed E-state index contributed by atoms with van der Waals surface area (Å²) in [6, 6.07) is 6.41. The number of ether oxygens (including phenoxy) is 3. The highest BCUT2D eigenvalue weighted by Gasteiger charge is 2.24. The number of rotatable bonds is 7. The summed E-state index contributed by atoms with van der Waals surface area (Å²) in [6.07, 6.45) is -3.33. The third kappa shape index (κ3) is 7.40. The van der Waals surface area contributed by atoms with Crippen molar-refractivity contribution in [3.05, 3.63) is 29.8 Å². The number of hydrogen-bond acceptors (Lipinski definition) is 7. The van der Waals surface area contributed by atoms with Crippen LogP contribution in [0.25, 0.3) is 0 Å². The normalized spacial score (nSPS) is 13.5. The van der Waals surface area contributed by atoms with Gasteiger partial charge >= 0.3 is 12.1 Å². The van der Waals surface area contributed by atoms with Gasteiger partial charge in [0.25, 0.3) is 0 Å². The molecule has 0 radical (unpaired) electrons. The van der Waals surface area contributed by atoms with Crippen LogP contribution >= 0.6 is 0 Å². The highest BCUT2D eigenvalue weighted by atomic mass is 16.6. The van der Waals surface area contributed by atoms with E-state index in [2.05, 4.69) is 10.1 Å². The second-order valence-corrected chi connectivity index (χ2v) is 6.30. The van der Waals surface area contributed by atoms with E-state index in [1.165, 1.54) is 7.11 Å². The Morgan fingerprint density at radius 2 is 1.84 bits per heavy atom. The molecule has 8 heteroatoms. The minimum atomic E-state index is -1.33. The van der Waals surface area contributed by atoms with Crippen LogP contribution in [0.15, 0.2) is 24.3 Å². The minimum Gasteiger partial charge on any atom is -0.482 e. The highest BCUT2D eigenvalue weighted by molar-refractivity contribution is 5.71. The van der Waals surface area contributed by atoms with Gasteiger partial charge in [-0.05, 0) is 26.8 Å². The van der Waals surface area contributed by atoms with Gasteiger partial charge in [-0.1, -0.05) is 18.2 Å². The van der Waals surface area contributed by atoms with Crippen molar-refractivity contribution < 1.29 is 34.0 Å². The Bertz CT molecular complexity index is 583. The Kier molecular flexibility index (Phi) is 7.66. The molecule has 0 aliphatic heterocycles. The Hall–Kier alpha value is -2.32. The monoisotopic (exact) mass is 355 g/mol. The van der Waals surface area contributed by atoms with E-state index in [-0.39, 0.29) is 24.5 Å².